The zero-order chi connectivity index (χ0) is 17.2. The molecule has 7 heteroatoms. The number of aromatic nitrogens is 3. The van der Waals surface area contributed by atoms with E-state index in [1.165, 1.54) is 0 Å². The summed E-state index contributed by atoms with van der Waals surface area (Å²) in [5, 5.41) is 11.8. The van der Waals surface area contributed by atoms with Crippen molar-refractivity contribution in [2.24, 2.45) is 0 Å². The number of imidazole rings is 1. The van der Waals surface area contributed by atoms with E-state index in [1.54, 1.807) is 53.2 Å². The van der Waals surface area contributed by atoms with E-state index >= 15 is 0 Å². The molecular formula is C18H14N4O3. The van der Waals surface area contributed by atoms with Crippen molar-refractivity contribution in [2.75, 3.05) is 5.32 Å². The number of aliphatic hydroxyl groups excluding tert-OH is 1. The molecule has 0 saturated heterocycles. The normalized spacial score (nSPS) is 10.9. The summed E-state index contributed by atoms with van der Waals surface area (Å²) in [6.45, 7) is -0.148. The van der Waals surface area contributed by atoms with Crippen molar-refractivity contribution in [3.05, 3.63) is 72.5 Å². The molecule has 4 rings (SSSR count). The second-order valence-corrected chi connectivity index (χ2v) is 5.40. The van der Waals surface area contributed by atoms with Crippen LogP contribution in [0, 0.1) is 0 Å². The van der Waals surface area contributed by atoms with Gasteiger partial charge in [-0.05, 0) is 36.4 Å². The number of pyridine rings is 2. The molecule has 124 valence electrons. The van der Waals surface area contributed by atoms with E-state index in [4.69, 9.17) is 9.52 Å². The first-order valence-corrected chi connectivity index (χ1v) is 7.64. The van der Waals surface area contributed by atoms with Crippen LogP contribution in [-0.2, 0) is 6.61 Å². The lowest BCUT2D eigenvalue weighted by Gasteiger charge is -2.00. The SMILES string of the molecule is O=C(Nc1ccccn1)c1cn2cc(-c3ccc(CO)o3)ccc2n1. The molecule has 0 spiro atoms. The highest BCUT2D eigenvalue weighted by Gasteiger charge is 2.13. The van der Waals surface area contributed by atoms with Crippen LogP contribution in [0.3, 0.4) is 0 Å². The fourth-order valence-corrected chi connectivity index (χ4v) is 2.48. The number of furan rings is 1. The Hall–Kier alpha value is -3.45. The Morgan fingerprint density at radius 2 is 2.08 bits per heavy atom. The Balaban J connectivity index is 1.62. The van der Waals surface area contributed by atoms with Gasteiger partial charge in [-0.15, -0.1) is 0 Å². The first-order chi connectivity index (χ1) is 12.2. The maximum atomic E-state index is 12.3. The van der Waals surface area contributed by atoms with Crippen LogP contribution in [0.1, 0.15) is 16.2 Å². The van der Waals surface area contributed by atoms with Crippen LogP contribution < -0.4 is 5.32 Å². The maximum Gasteiger partial charge on any atom is 0.277 e. The number of carbonyl (C=O) groups is 1. The van der Waals surface area contributed by atoms with Crippen molar-refractivity contribution < 1.29 is 14.3 Å². The predicted octanol–water partition coefficient (Wildman–Crippen LogP) is 2.73. The van der Waals surface area contributed by atoms with Gasteiger partial charge >= 0.3 is 0 Å². The van der Waals surface area contributed by atoms with Crippen LogP contribution in [0.15, 0.2) is 65.5 Å². The second-order valence-electron chi connectivity index (χ2n) is 5.40. The summed E-state index contributed by atoms with van der Waals surface area (Å²) < 4.78 is 7.28. The van der Waals surface area contributed by atoms with Crippen molar-refractivity contribution in [2.45, 2.75) is 6.61 Å². The lowest BCUT2D eigenvalue weighted by molar-refractivity contribution is 0.102. The van der Waals surface area contributed by atoms with Crippen LogP contribution in [0.5, 0.6) is 0 Å². The monoisotopic (exact) mass is 334 g/mol. The summed E-state index contributed by atoms with van der Waals surface area (Å²) in [5.41, 5.74) is 1.75. The molecule has 0 aromatic carbocycles. The molecule has 0 saturated carbocycles. The lowest BCUT2D eigenvalue weighted by Crippen LogP contribution is -2.13. The van der Waals surface area contributed by atoms with Crippen molar-refractivity contribution in [3.63, 3.8) is 0 Å². The van der Waals surface area contributed by atoms with Crippen LogP contribution in [0.25, 0.3) is 17.0 Å². The summed E-state index contributed by atoms with van der Waals surface area (Å²) in [6, 6.07) is 12.4. The van der Waals surface area contributed by atoms with Crippen LogP contribution in [-0.4, -0.2) is 25.4 Å². The molecule has 4 aromatic rings. The molecule has 2 N–H and O–H groups in total. The number of hydrogen-bond donors (Lipinski definition) is 2. The van der Waals surface area contributed by atoms with Gasteiger partial charge in [0.1, 0.15) is 35.3 Å². The molecule has 1 amide bonds. The van der Waals surface area contributed by atoms with Gasteiger partial charge in [-0.1, -0.05) is 6.07 Å². The standard InChI is InChI=1S/C18H14N4O3/c23-11-13-5-6-15(25-13)12-4-7-17-20-14(10-22(17)9-12)18(24)21-16-3-1-2-8-19-16/h1-10,23H,11H2,(H,19,21,24). The number of carbonyl (C=O) groups excluding carboxylic acids is 1. The Bertz CT molecular complexity index is 1040. The number of nitrogens with one attached hydrogen (secondary N) is 1. The van der Waals surface area contributed by atoms with E-state index < -0.39 is 0 Å². The largest absolute Gasteiger partial charge is 0.459 e. The summed E-state index contributed by atoms with van der Waals surface area (Å²) >= 11 is 0. The van der Waals surface area contributed by atoms with Crippen LogP contribution in [0.2, 0.25) is 0 Å². The van der Waals surface area contributed by atoms with Gasteiger partial charge in [0.25, 0.3) is 5.91 Å². The van der Waals surface area contributed by atoms with Gasteiger partial charge in [0.05, 0.1) is 0 Å². The summed E-state index contributed by atoms with van der Waals surface area (Å²) in [4.78, 5) is 20.7. The maximum absolute atomic E-state index is 12.3. The lowest BCUT2D eigenvalue weighted by atomic mass is 10.2. The van der Waals surface area contributed by atoms with E-state index in [0.29, 0.717) is 28.7 Å². The third-order valence-electron chi connectivity index (χ3n) is 3.69. The Morgan fingerprint density at radius 1 is 1.16 bits per heavy atom. The molecule has 0 bridgehead atoms. The van der Waals surface area contributed by atoms with E-state index in [-0.39, 0.29) is 12.5 Å². The number of nitrogens with zero attached hydrogens (tertiary/aromatic N) is 3. The molecule has 4 heterocycles. The average Bonchev–Trinajstić information content (AvgIpc) is 3.28. The zero-order valence-corrected chi connectivity index (χ0v) is 13.1. The van der Waals surface area contributed by atoms with Gasteiger partial charge < -0.3 is 19.2 Å². The summed E-state index contributed by atoms with van der Waals surface area (Å²) in [6.07, 6.45) is 5.07. The first-order valence-electron chi connectivity index (χ1n) is 7.64. The minimum atomic E-state index is -0.329. The number of aliphatic hydroxyl groups is 1. The van der Waals surface area contributed by atoms with Gasteiger partial charge in [0, 0.05) is 24.2 Å². The van der Waals surface area contributed by atoms with Crippen molar-refractivity contribution in [3.8, 4) is 11.3 Å². The van der Waals surface area contributed by atoms with Crippen LogP contribution >= 0.6 is 0 Å². The average molecular weight is 334 g/mol. The Kier molecular flexibility index (Phi) is 3.75. The third kappa shape index (κ3) is 3.00. The predicted molar refractivity (Wildman–Crippen MR) is 91.0 cm³/mol. The van der Waals surface area contributed by atoms with Gasteiger partial charge in [-0.2, -0.15) is 0 Å². The number of hydrogen-bond acceptors (Lipinski definition) is 5. The number of amides is 1. The molecular weight excluding hydrogens is 320 g/mol. The van der Waals surface area contributed by atoms with Gasteiger partial charge in [-0.3, -0.25) is 4.79 Å². The molecule has 7 nitrogen and oxygen atoms in total. The molecule has 0 unspecified atom stereocenters. The molecule has 0 aliphatic rings. The zero-order valence-electron chi connectivity index (χ0n) is 13.1. The highest BCUT2D eigenvalue weighted by molar-refractivity contribution is 6.02. The number of fused-ring (bicyclic) bond motifs is 1. The molecule has 0 aliphatic carbocycles. The number of anilines is 1. The topological polar surface area (TPSA) is 92.7 Å². The third-order valence-corrected chi connectivity index (χ3v) is 3.69. The molecule has 4 aromatic heterocycles. The minimum Gasteiger partial charge on any atom is -0.459 e. The van der Waals surface area contributed by atoms with Crippen molar-refractivity contribution in [1.82, 2.24) is 14.4 Å². The molecule has 25 heavy (non-hydrogen) atoms. The molecule has 0 atom stereocenters. The molecule has 0 fully saturated rings. The fraction of sp³-hybridized carbons (Fsp3) is 0.0556. The smallest absolute Gasteiger partial charge is 0.277 e. The van der Waals surface area contributed by atoms with Crippen LogP contribution in [0.4, 0.5) is 5.82 Å². The Labute approximate surface area is 142 Å². The molecule has 0 aliphatic heterocycles. The second kappa shape index (κ2) is 6.21. The van der Waals surface area contributed by atoms with Gasteiger partial charge in [0.15, 0.2) is 0 Å². The summed E-state index contributed by atoms with van der Waals surface area (Å²) in [5.74, 6) is 1.28. The highest BCUT2D eigenvalue weighted by Crippen LogP contribution is 2.23. The van der Waals surface area contributed by atoms with E-state index in [2.05, 4.69) is 15.3 Å². The fourth-order valence-electron chi connectivity index (χ4n) is 2.48. The first kappa shape index (κ1) is 15.1. The van der Waals surface area contributed by atoms with E-state index in [9.17, 15) is 4.79 Å². The van der Waals surface area contributed by atoms with Crippen molar-refractivity contribution in [1.29, 1.82) is 0 Å². The quantitative estimate of drug-likeness (QED) is 0.598. The Morgan fingerprint density at radius 3 is 2.84 bits per heavy atom. The molecule has 0 radical (unpaired) electrons. The summed E-state index contributed by atoms with van der Waals surface area (Å²) in [7, 11) is 0. The van der Waals surface area contributed by atoms with Gasteiger partial charge in [0.2, 0.25) is 0 Å². The van der Waals surface area contributed by atoms with E-state index in [1.807, 2.05) is 12.3 Å². The van der Waals surface area contributed by atoms with Crippen molar-refractivity contribution >= 4 is 17.4 Å². The minimum absolute atomic E-state index is 0.148. The van der Waals surface area contributed by atoms with E-state index in [0.717, 1.165) is 5.56 Å². The van der Waals surface area contributed by atoms with Gasteiger partial charge in [-0.25, -0.2) is 9.97 Å². The highest BCUT2D eigenvalue weighted by atomic mass is 16.4. The number of rotatable bonds is 4.